The molecule has 2 saturated carbocycles. The number of carbonyl (C=O) groups excluding carboxylic acids is 2. The third-order valence-electron chi connectivity index (χ3n) is 8.64. The average molecular weight is 554 g/mol. The molecule has 40 heavy (non-hydrogen) atoms. The summed E-state index contributed by atoms with van der Waals surface area (Å²) in [5.74, 6) is -0.203. The van der Waals surface area contributed by atoms with Crippen LogP contribution in [0, 0.1) is 5.82 Å². The normalized spacial score (nSPS) is 19.2. The molecule has 218 valence electrons. The first-order valence-electron chi connectivity index (χ1n) is 15.3. The van der Waals surface area contributed by atoms with Gasteiger partial charge in [-0.1, -0.05) is 19.3 Å². The van der Waals surface area contributed by atoms with Crippen molar-refractivity contribution in [3.63, 3.8) is 0 Å². The first-order valence-corrected chi connectivity index (χ1v) is 15.3. The van der Waals surface area contributed by atoms with Gasteiger partial charge in [0.25, 0.3) is 5.91 Å². The summed E-state index contributed by atoms with van der Waals surface area (Å²) in [6.07, 6.45) is 12.1. The van der Waals surface area contributed by atoms with E-state index in [1.165, 1.54) is 31.4 Å². The van der Waals surface area contributed by atoms with Gasteiger partial charge in [-0.3, -0.25) is 14.3 Å². The van der Waals surface area contributed by atoms with Crippen molar-refractivity contribution in [1.82, 2.24) is 25.3 Å². The fourth-order valence-corrected chi connectivity index (χ4v) is 6.19. The SMILES string of the molecule is CCOc1cc(F)ccc1-c1cc(C(=O)N[C@@H](CCN2CCCCC2)CC(=O)NC2CCC2)nn1C1CCCC1. The van der Waals surface area contributed by atoms with Gasteiger partial charge in [0, 0.05) is 36.7 Å². The number of rotatable bonds is 12. The second kappa shape index (κ2) is 13.6. The molecule has 0 radical (unpaired) electrons. The molecule has 0 unspecified atom stereocenters. The van der Waals surface area contributed by atoms with Crippen molar-refractivity contribution in [1.29, 1.82) is 0 Å². The molecule has 8 nitrogen and oxygen atoms in total. The third-order valence-corrected chi connectivity index (χ3v) is 8.64. The Morgan fingerprint density at radius 1 is 1.05 bits per heavy atom. The van der Waals surface area contributed by atoms with Crippen molar-refractivity contribution in [3.05, 3.63) is 35.8 Å². The van der Waals surface area contributed by atoms with E-state index in [4.69, 9.17) is 9.84 Å². The van der Waals surface area contributed by atoms with Crippen molar-refractivity contribution in [2.45, 2.75) is 102 Å². The molecule has 2 amide bonds. The fraction of sp³-hybridized carbons (Fsp3) is 0.645. The fourth-order valence-electron chi connectivity index (χ4n) is 6.19. The van der Waals surface area contributed by atoms with Gasteiger partial charge in [-0.25, -0.2) is 4.39 Å². The number of carbonyl (C=O) groups is 2. The Labute approximate surface area is 237 Å². The van der Waals surface area contributed by atoms with Gasteiger partial charge < -0.3 is 20.3 Å². The Bertz CT molecular complexity index is 1150. The van der Waals surface area contributed by atoms with Gasteiger partial charge in [0.2, 0.25) is 5.91 Å². The molecule has 1 aromatic carbocycles. The lowest BCUT2D eigenvalue weighted by atomic mass is 9.93. The predicted octanol–water partition coefficient (Wildman–Crippen LogP) is 5.24. The highest BCUT2D eigenvalue weighted by Gasteiger charge is 2.28. The van der Waals surface area contributed by atoms with Gasteiger partial charge in [0.1, 0.15) is 11.6 Å². The lowest BCUT2D eigenvalue weighted by Crippen LogP contribution is -2.45. The van der Waals surface area contributed by atoms with E-state index in [1.54, 1.807) is 12.1 Å². The maximum absolute atomic E-state index is 14.1. The maximum atomic E-state index is 14.1. The monoisotopic (exact) mass is 553 g/mol. The minimum Gasteiger partial charge on any atom is -0.493 e. The molecular formula is C31H44FN5O3. The number of amides is 2. The predicted molar refractivity (Wildman–Crippen MR) is 153 cm³/mol. The van der Waals surface area contributed by atoms with Crippen LogP contribution in [0.25, 0.3) is 11.3 Å². The summed E-state index contributed by atoms with van der Waals surface area (Å²) in [6, 6.07) is 6.48. The number of nitrogens with one attached hydrogen (secondary N) is 2. The van der Waals surface area contributed by atoms with Gasteiger partial charge >= 0.3 is 0 Å². The molecule has 9 heteroatoms. The lowest BCUT2D eigenvalue weighted by molar-refractivity contribution is -0.122. The summed E-state index contributed by atoms with van der Waals surface area (Å²) in [5.41, 5.74) is 1.80. The lowest BCUT2D eigenvalue weighted by Gasteiger charge is -2.29. The summed E-state index contributed by atoms with van der Waals surface area (Å²) in [7, 11) is 0. The van der Waals surface area contributed by atoms with Gasteiger partial charge in [-0.15, -0.1) is 0 Å². The van der Waals surface area contributed by atoms with E-state index in [2.05, 4.69) is 15.5 Å². The number of hydrogen-bond acceptors (Lipinski definition) is 5. The van der Waals surface area contributed by atoms with E-state index in [0.29, 0.717) is 24.5 Å². The van der Waals surface area contributed by atoms with E-state index in [9.17, 15) is 14.0 Å². The molecule has 2 heterocycles. The summed E-state index contributed by atoms with van der Waals surface area (Å²) in [4.78, 5) is 28.9. The molecule has 3 aliphatic rings. The Kier molecular flexibility index (Phi) is 9.73. The Morgan fingerprint density at radius 3 is 2.52 bits per heavy atom. The summed E-state index contributed by atoms with van der Waals surface area (Å²) < 4.78 is 21.8. The number of ether oxygens (including phenoxy) is 1. The summed E-state index contributed by atoms with van der Waals surface area (Å²) in [5, 5.41) is 11.1. The number of likely N-dealkylation sites (tertiary alicyclic amines) is 1. The van der Waals surface area contributed by atoms with Crippen LogP contribution in [-0.2, 0) is 4.79 Å². The molecule has 2 aromatic rings. The first-order chi connectivity index (χ1) is 19.5. The van der Waals surface area contributed by atoms with Crippen LogP contribution < -0.4 is 15.4 Å². The molecule has 0 spiro atoms. The Hall–Kier alpha value is -2.94. The quantitative estimate of drug-likeness (QED) is 0.376. The number of piperidine rings is 1. The largest absolute Gasteiger partial charge is 0.493 e. The van der Waals surface area contributed by atoms with E-state index in [-0.39, 0.29) is 42.2 Å². The average Bonchev–Trinajstić information content (AvgIpc) is 3.61. The molecule has 5 rings (SSSR count). The highest BCUT2D eigenvalue weighted by molar-refractivity contribution is 5.94. The minimum atomic E-state index is -0.367. The van der Waals surface area contributed by atoms with Crippen LogP contribution in [0.4, 0.5) is 4.39 Å². The van der Waals surface area contributed by atoms with Crippen molar-refractivity contribution in [2.75, 3.05) is 26.2 Å². The van der Waals surface area contributed by atoms with Crippen LogP contribution in [0.2, 0.25) is 0 Å². The molecule has 2 N–H and O–H groups in total. The van der Waals surface area contributed by atoms with E-state index >= 15 is 0 Å². The third kappa shape index (κ3) is 7.22. The summed E-state index contributed by atoms with van der Waals surface area (Å²) >= 11 is 0. The molecule has 1 atom stereocenters. The second-order valence-electron chi connectivity index (χ2n) is 11.6. The Balaban J connectivity index is 1.35. The molecular weight excluding hydrogens is 509 g/mol. The van der Waals surface area contributed by atoms with E-state index in [0.717, 1.165) is 75.8 Å². The number of hydrogen-bond donors (Lipinski definition) is 2. The molecule has 0 bridgehead atoms. The minimum absolute atomic E-state index is 0.00140. The molecule has 1 saturated heterocycles. The van der Waals surface area contributed by atoms with Crippen LogP contribution in [0.1, 0.15) is 101 Å². The highest BCUT2D eigenvalue weighted by Crippen LogP contribution is 2.37. The van der Waals surface area contributed by atoms with Gasteiger partial charge in [0.15, 0.2) is 5.69 Å². The van der Waals surface area contributed by atoms with E-state index in [1.807, 2.05) is 11.6 Å². The number of aromatic nitrogens is 2. The highest BCUT2D eigenvalue weighted by atomic mass is 19.1. The van der Waals surface area contributed by atoms with Gasteiger partial charge in [-0.05, 0) is 89.6 Å². The number of halogens is 1. The zero-order valence-electron chi connectivity index (χ0n) is 23.8. The zero-order valence-corrected chi connectivity index (χ0v) is 23.8. The zero-order chi connectivity index (χ0) is 27.9. The molecule has 2 aliphatic carbocycles. The van der Waals surface area contributed by atoms with Gasteiger partial charge in [0.05, 0.1) is 18.3 Å². The van der Waals surface area contributed by atoms with Gasteiger partial charge in [-0.2, -0.15) is 5.10 Å². The standard InChI is InChI=1S/C31H44FN5O3/c1-2-40-29-19-22(32)13-14-26(29)28-21-27(35-37(28)25-11-4-5-12-25)31(39)34-24(15-18-36-16-6-3-7-17-36)20-30(38)33-23-9-8-10-23/h13-14,19,21,23-25H,2-12,15-18,20H2,1H3,(H,33,38)(H,34,39)/t24-/m0/s1. The van der Waals surface area contributed by atoms with Crippen LogP contribution >= 0.6 is 0 Å². The van der Waals surface area contributed by atoms with E-state index < -0.39 is 0 Å². The van der Waals surface area contributed by atoms with Crippen LogP contribution in [0.3, 0.4) is 0 Å². The maximum Gasteiger partial charge on any atom is 0.272 e. The second-order valence-corrected chi connectivity index (χ2v) is 11.6. The van der Waals surface area contributed by atoms with Crippen molar-refractivity contribution in [3.8, 4) is 17.0 Å². The van der Waals surface area contributed by atoms with Crippen molar-refractivity contribution in [2.24, 2.45) is 0 Å². The molecule has 1 aliphatic heterocycles. The number of nitrogens with zero attached hydrogens (tertiary/aromatic N) is 3. The van der Waals surface area contributed by atoms with Crippen molar-refractivity contribution >= 4 is 11.8 Å². The topological polar surface area (TPSA) is 88.5 Å². The van der Waals surface area contributed by atoms with Crippen LogP contribution in [0.5, 0.6) is 5.75 Å². The number of benzene rings is 1. The molecule has 1 aromatic heterocycles. The van der Waals surface area contributed by atoms with Crippen molar-refractivity contribution < 1.29 is 18.7 Å². The van der Waals surface area contributed by atoms with Crippen LogP contribution in [-0.4, -0.2) is 64.8 Å². The first kappa shape index (κ1) is 28.6. The molecule has 3 fully saturated rings. The van der Waals surface area contributed by atoms with Crippen LogP contribution in [0.15, 0.2) is 24.3 Å². The summed E-state index contributed by atoms with van der Waals surface area (Å²) in [6.45, 7) is 5.28. The smallest absolute Gasteiger partial charge is 0.272 e. The Morgan fingerprint density at radius 2 is 1.82 bits per heavy atom.